The van der Waals surface area contributed by atoms with Crippen molar-refractivity contribution in [2.24, 2.45) is 11.8 Å². The van der Waals surface area contributed by atoms with Crippen LogP contribution in [-0.4, -0.2) is 18.2 Å². The standard InChI is InChI=1S/C19H33NO/c1-6-19(21)17-9-7-8-10-18(17)20(13-11-15(2)3)14-12-16(4)5/h7-10,15-16,19,21H,6,11-14H2,1-5H3. The van der Waals surface area contributed by atoms with Crippen molar-refractivity contribution in [3.05, 3.63) is 29.8 Å². The van der Waals surface area contributed by atoms with Crippen LogP contribution in [0, 0.1) is 11.8 Å². The molecule has 2 heteroatoms. The first-order valence-corrected chi connectivity index (χ1v) is 8.47. The van der Waals surface area contributed by atoms with Crippen molar-refractivity contribution >= 4 is 5.69 Å². The number of para-hydroxylation sites is 1. The summed E-state index contributed by atoms with van der Waals surface area (Å²) in [6, 6.07) is 8.34. The van der Waals surface area contributed by atoms with Gasteiger partial charge in [-0.1, -0.05) is 52.8 Å². The maximum absolute atomic E-state index is 10.3. The van der Waals surface area contributed by atoms with Crippen molar-refractivity contribution in [3.63, 3.8) is 0 Å². The molecule has 1 aromatic carbocycles. The summed E-state index contributed by atoms with van der Waals surface area (Å²) in [5.74, 6) is 1.41. The van der Waals surface area contributed by atoms with Crippen LogP contribution in [0.15, 0.2) is 24.3 Å². The molecule has 0 fully saturated rings. The Kier molecular flexibility index (Phi) is 7.81. The van der Waals surface area contributed by atoms with Crippen molar-refractivity contribution in [1.82, 2.24) is 0 Å². The Labute approximate surface area is 131 Å². The van der Waals surface area contributed by atoms with Crippen LogP contribution in [0.3, 0.4) is 0 Å². The van der Waals surface area contributed by atoms with Crippen LogP contribution < -0.4 is 4.90 Å². The summed E-state index contributed by atoms with van der Waals surface area (Å²) in [5.41, 5.74) is 2.29. The average molecular weight is 291 g/mol. The highest BCUT2D eigenvalue weighted by atomic mass is 16.3. The summed E-state index contributed by atoms with van der Waals surface area (Å²) in [6.07, 6.45) is 2.78. The van der Waals surface area contributed by atoms with Crippen LogP contribution in [-0.2, 0) is 0 Å². The Balaban J connectivity index is 2.95. The maximum atomic E-state index is 10.3. The Bertz CT molecular complexity index is 388. The van der Waals surface area contributed by atoms with Gasteiger partial charge in [-0.25, -0.2) is 0 Å². The first-order chi connectivity index (χ1) is 9.95. The SMILES string of the molecule is CCC(O)c1ccccc1N(CCC(C)C)CCC(C)C. The molecule has 120 valence electrons. The lowest BCUT2D eigenvalue weighted by Gasteiger charge is -2.29. The van der Waals surface area contributed by atoms with Gasteiger partial charge in [0.05, 0.1) is 6.10 Å². The molecule has 21 heavy (non-hydrogen) atoms. The fourth-order valence-corrected chi connectivity index (χ4v) is 2.46. The maximum Gasteiger partial charge on any atom is 0.0807 e. The molecular formula is C19H33NO. The zero-order valence-electron chi connectivity index (χ0n) is 14.5. The second-order valence-electron chi connectivity index (χ2n) is 6.83. The third-order valence-corrected chi connectivity index (χ3v) is 3.98. The van der Waals surface area contributed by atoms with Crippen molar-refractivity contribution in [2.45, 2.75) is 60.0 Å². The molecule has 1 aromatic rings. The van der Waals surface area contributed by atoms with Gasteiger partial charge in [0.15, 0.2) is 0 Å². The van der Waals surface area contributed by atoms with Crippen LogP contribution in [0.25, 0.3) is 0 Å². The number of hydrogen-bond donors (Lipinski definition) is 1. The smallest absolute Gasteiger partial charge is 0.0807 e. The van der Waals surface area contributed by atoms with Crippen LogP contribution in [0.4, 0.5) is 5.69 Å². The molecule has 0 amide bonds. The minimum Gasteiger partial charge on any atom is -0.388 e. The number of rotatable bonds is 9. The summed E-state index contributed by atoms with van der Waals surface area (Å²) in [4.78, 5) is 2.47. The molecule has 0 saturated heterocycles. The zero-order chi connectivity index (χ0) is 15.8. The Morgan fingerprint density at radius 2 is 1.48 bits per heavy atom. The van der Waals surface area contributed by atoms with E-state index in [2.05, 4.69) is 50.8 Å². The number of benzene rings is 1. The lowest BCUT2D eigenvalue weighted by atomic mass is 10.0. The van der Waals surface area contributed by atoms with E-state index in [4.69, 9.17) is 0 Å². The van der Waals surface area contributed by atoms with Gasteiger partial charge in [0.1, 0.15) is 0 Å². The summed E-state index contributed by atoms with van der Waals surface area (Å²) >= 11 is 0. The topological polar surface area (TPSA) is 23.5 Å². The third kappa shape index (κ3) is 6.09. The van der Waals surface area contributed by atoms with Crippen molar-refractivity contribution < 1.29 is 5.11 Å². The van der Waals surface area contributed by atoms with E-state index in [1.165, 1.54) is 18.5 Å². The number of nitrogens with zero attached hydrogens (tertiary/aromatic N) is 1. The van der Waals surface area contributed by atoms with E-state index in [-0.39, 0.29) is 6.10 Å². The van der Waals surface area contributed by atoms with E-state index in [0.717, 1.165) is 25.1 Å². The molecule has 0 bridgehead atoms. The van der Waals surface area contributed by atoms with Gasteiger partial charge >= 0.3 is 0 Å². The molecule has 0 aliphatic heterocycles. The molecule has 0 heterocycles. The molecule has 0 aliphatic carbocycles. The Hall–Kier alpha value is -1.02. The molecule has 0 radical (unpaired) electrons. The van der Waals surface area contributed by atoms with Gasteiger partial charge in [-0.2, -0.15) is 0 Å². The quantitative estimate of drug-likeness (QED) is 0.690. The summed E-state index contributed by atoms with van der Waals surface area (Å²) < 4.78 is 0. The minimum atomic E-state index is -0.359. The number of aliphatic hydroxyl groups is 1. The highest BCUT2D eigenvalue weighted by Gasteiger charge is 2.16. The van der Waals surface area contributed by atoms with E-state index in [1.54, 1.807) is 0 Å². The van der Waals surface area contributed by atoms with E-state index in [9.17, 15) is 5.11 Å². The normalized spacial score (nSPS) is 13.0. The zero-order valence-corrected chi connectivity index (χ0v) is 14.5. The predicted molar refractivity (Wildman–Crippen MR) is 92.8 cm³/mol. The summed E-state index contributed by atoms with van der Waals surface area (Å²) in [6.45, 7) is 13.3. The van der Waals surface area contributed by atoms with Gasteiger partial charge in [-0.15, -0.1) is 0 Å². The van der Waals surface area contributed by atoms with Crippen LogP contribution in [0.2, 0.25) is 0 Å². The highest BCUT2D eigenvalue weighted by molar-refractivity contribution is 5.54. The van der Waals surface area contributed by atoms with Gasteiger partial charge in [-0.05, 0) is 37.2 Å². The predicted octanol–water partition coefficient (Wildman–Crippen LogP) is 5.03. The lowest BCUT2D eigenvalue weighted by molar-refractivity contribution is 0.174. The molecule has 1 atom stereocenters. The Morgan fingerprint density at radius 1 is 0.952 bits per heavy atom. The second kappa shape index (κ2) is 9.09. The molecule has 2 nitrogen and oxygen atoms in total. The largest absolute Gasteiger partial charge is 0.388 e. The van der Waals surface area contributed by atoms with Gasteiger partial charge < -0.3 is 10.0 Å². The van der Waals surface area contributed by atoms with Crippen molar-refractivity contribution in [1.29, 1.82) is 0 Å². The van der Waals surface area contributed by atoms with Gasteiger partial charge in [0, 0.05) is 24.3 Å². The number of anilines is 1. The fraction of sp³-hybridized carbons (Fsp3) is 0.684. The minimum absolute atomic E-state index is 0.359. The molecule has 1 unspecified atom stereocenters. The fourth-order valence-electron chi connectivity index (χ4n) is 2.46. The first kappa shape index (κ1) is 18.0. The third-order valence-electron chi connectivity index (χ3n) is 3.98. The van der Waals surface area contributed by atoms with Crippen LogP contribution in [0.1, 0.15) is 65.5 Å². The molecule has 1 N–H and O–H groups in total. The molecule has 0 aliphatic rings. The van der Waals surface area contributed by atoms with Crippen molar-refractivity contribution in [3.8, 4) is 0 Å². The summed E-state index contributed by atoms with van der Waals surface area (Å²) in [7, 11) is 0. The first-order valence-electron chi connectivity index (χ1n) is 8.47. The van der Waals surface area contributed by atoms with E-state index in [0.29, 0.717) is 11.8 Å². The monoisotopic (exact) mass is 291 g/mol. The Morgan fingerprint density at radius 3 is 1.95 bits per heavy atom. The van der Waals surface area contributed by atoms with E-state index < -0.39 is 0 Å². The molecule has 0 spiro atoms. The molecule has 0 aromatic heterocycles. The number of aliphatic hydroxyl groups excluding tert-OH is 1. The second-order valence-corrected chi connectivity index (χ2v) is 6.83. The van der Waals surface area contributed by atoms with Gasteiger partial charge in [-0.3, -0.25) is 0 Å². The molecule has 0 saturated carbocycles. The van der Waals surface area contributed by atoms with E-state index >= 15 is 0 Å². The number of hydrogen-bond acceptors (Lipinski definition) is 2. The van der Waals surface area contributed by atoms with E-state index in [1.807, 2.05) is 13.0 Å². The van der Waals surface area contributed by atoms with Crippen LogP contribution in [0.5, 0.6) is 0 Å². The average Bonchev–Trinajstić information content (AvgIpc) is 2.46. The van der Waals surface area contributed by atoms with Gasteiger partial charge in [0.2, 0.25) is 0 Å². The van der Waals surface area contributed by atoms with Crippen molar-refractivity contribution in [2.75, 3.05) is 18.0 Å². The lowest BCUT2D eigenvalue weighted by Crippen LogP contribution is -2.28. The van der Waals surface area contributed by atoms with Gasteiger partial charge in [0.25, 0.3) is 0 Å². The molecular weight excluding hydrogens is 258 g/mol. The highest BCUT2D eigenvalue weighted by Crippen LogP contribution is 2.29. The summed E-state index contributed by atoms with van der Waals surface area (Å²) in [5, 5.41) is 10.3. The van der Waals surface area contributed by atoms with Crippen LogP contribution >= 0.6 is 0 Å². The molecule has 1 rings (SSSR count).